The Labute approximate surface area is 87.6 Å². The lowest BCUT2D eigenvalue weighted by Crippen LogP contribution is -1.90. The second-order valence-electron chi connectivity index (χ2n) is 3.03. The van der Waals surface area contributed by atoms with Crippen LogP contribution >= 0.6 is 11.6 Å². The van der Waals surface area contributed by atoms with Crippen LogP contribution in [0.3, 0.4) is 0 Å². The topological polar surface area (TPSA) is 25.8 Å². The van der Waals surface area contributed by atoms with Crippen molar-refractivity contribution in [3.8, 4) is 11.3 Å². The van der Waals surface area contributed by atoms with Crippen LogP contribution < -0.4 is 0 Å². The summed E-state index contributed by atoms with van der Waals surface area (Å²) in [6, 6.07) is 11.7. The maximum Gasteiger partial charge on any atom is 0.0944 e. The standard InChI is InChI=1S/C11H9ClN2/c1-8-10(12)7-11(14-13-8)9-5-3-2-4-6-9/h2-7H,1H3. The molecular formula is C11H9ClN2. The fourth-order valence-electron chi connectivity index (χ4n) is 1.18. The monoisotopic (exact) mass is 204 g/mol. The van der Waals surface area contributed by atoms with Gasteiger partial charge in [-0.3, -0.25) is 0 Å². The first-order valence-electron chi connectivity index (χ1n) is 4.32. The summed E-state index contributed by atoms with van der Waals surface area (Å²) in [7, 11) is 0. The summed E-state index contributed by atoms with van der Waals surface area (Å²) < 4.78 is 0. The van der Waals surface area contributed by atoms with Gasteiger partial charge >= 0.3 is 0 Å². The van der Waals surface area contributed by atoms with Crippen LogP contribution in [-0.4, -0.2) is 10.2 Å². The Bertz CT molecular complexity index is 440. The highest BCUT2D eigenvalue weighted by atomic mass is 35.5. The average molecular weight is 205 g/mol. The highest BCUT2D eigenvalue weighted by Crippen LogP contribution is 2.20. The molecule has 0 saturated carbocycles. The number of aryl methyl sites for hydroxylation is 1. The lowest BCUT2D eigenvalue weighted by molar-refractivity contribution is 0.987. The number of rotatable bonds is 1. The summed E-state index contributed by atoms with van der Waals surface area (Å²) in [6.07, 6.45) is 0. The molecular weight excluding hydrogens is 196 g/mol. The van der Waals surface area contributed by atoms with E-state index >= 15 is 0 Å². The summed E-state index contributed by atoms with van der Waals surface area (Å²) in [5.41, 5.74) is 2.59. The molecule has 0 radical (unpaired) electrons. The van der Waals surface area contributed by atoms with Crippen LogP contribution in [0.15, 0.2) is 36.4 Å². The number of benzene rings is 1. The number of halogens is 1. The van der Waals surface area contributed by atoms with Gasteiger partial charge in [0.05, 0.1) is 16.4 Å². The molecule has 14 heavy (non-hydrogen) atoms. The summed E-state index contributed by atoms with van der Waals surface area (Å²) in [5.74, 6) is 0. The van der Waals surface area contributed by atoms with Crippen molar-refractivity contribution >= 4 is 11.6 Å². The summed E-state index contributed by atoms with van der Waals surface area (Å²) in [6.45, 7) is 1.84. The van der Waals surface area contributed by atoms with E-state index in [0.717, 1.165) is 17.0 Å². The first-order chi connectivity index (χ1) is 6.77. The van der Waals surface area contributed by atoms with E-state index in [1.807, 2.05) is 43.3 Å². The van der Waals surface area contributed by atoms with E-state index in [9.17, 15) is 0 Å². The predicted molar refractivity (Wildman–Crippen MR) is 57.2 cm³/mol. The molecule has 0 saturated heterocycles. The minimum Gasteiger partial charge on any atom is -0.154 e. The Morgan fingerprint density at radius 3 is 2.43 bits per heavy atom. The van der Waals surface area contributed by atoms with Gasteiger partial charge in [0.25, 0.3) is 0 Å². The molecule has 3 heteroatoms. The van der Waals surface area contributed by atoms with E-state index in [2.05, 4.69) is 10.2 Å². The van der Waals surface area contributed by atoms with Crippen LogP contribution in [0.25, 0.3) is 11.3 Å². The second-order valence-corrected chi connectivity index (χ2v) is 3.44. The average Bonchev–Trinajstić information content (AvgIpc) is 2.23. The quantitative estimate of drug-likeness (QED) is 0.714. The smallest absolute Gasteiger partial charge is 0.0944 e. The first-order valence-corrected chi connectivity index (χ1v) is 4.70. The van der Waals surface area contributed by atoms with Crippen LogP contribution in [-0.2, 0) is 0 Å². The molecule has 1 aromatic carbocycles. The van der Waals surface area contributed by atoms with Crippen molar-refractivity contribution in [3.63, 3.8) is 0 Å². The van der Waals surface area contributed by atoms with E-state index in [1.54, 1.807) is 0 Å². The van der Waals surface area contributed by atoms with Crippen molar-refractivity contribution in [1.29, 1.82) is 0 Å². The molecule has 1 heterocycles. The number of hydrogen-bond acceptors (Lipinski definition) is 2. The van der Waals surface area contributed by atoms with Gasteiger partial charge in [-0.15, -0.1) is 0 Å². The van der Waals surface area contributed by atoms with Crippen molar-refractivity contribution < 1.29 is 0 Å². The molecule has 70 valence electrons. The molecule has 0 aliphatic carbocycles. The van der Waals surface area contributed by atoms with E-state index in [4.69, 9.17) is 11.6 Å². The van der Waals surface area contributed by atoms with Crippen molar-refractivity contribution in [2.75, 3.05) is 0 Å². The van der Waals surface area contributed by atoms with Crippen LogP contribution in [0.1, 0.15) is 5.69 Å². The maximum absolute atomic E-state index is 5.96. The Morgan fingerprint density at radius 1 is 1.07 bits per heavy atom. The number of nitrogens with zero attached hydrogens (tertiary/aromatic N) is 2. The fourth-order valence-corrected chi connectivity index (χ4v) is 1.32. The molecule has 2 nitrogen and oxygen atoms in total. The van der Waals surface area contributed by atoms with Gasteiger partial charge in [0.15, 0.2) is 0 Å². The molecule has 1 aromatic heterocycles. The zero-order valence-electron chi connectivity index (χ0n) is 7.74. The Balaban J connectivity index is 2.48. The highest BCUT2D eigenvalue weighted by molar-refractivity contribution is 6.31. The van der Waals surface area contributed by atoms with Gasteiger partial charge in [-0.05, 0) is 13.0 Å². The van der Waals surface area contributed by atoms with Crippen molar-refractivity contribution in [1.82, 2.24) is 10.2 Å². The Morgan fingerprint density at radius 2 is 1.79 bits per heavy atom. The Kier molecular flexibility index (Phi) is 2.46. The molecule has 2 rings (SSSR count). The summed E-state index contributed by atoms with van der Waals surface area (Å²) >= 11 is 5.96. The third-order valence-electron chi connectivity index (χ3n) is 1.99. The molecule has 2 aromatic rings. The maximum atomic E-state index is 5.96. The van der Waals surface area contributed by atoms with Crippen molar-refractivity contribution in [2.45, 2.75) is 6.92 Å². The third kappa shape index (κ3) is 1.75. The zero-order chi connectivity index (χ0) is 9.97. The normalized spacial score (nSPS) is 10.1. The SMILES string of the molecule is Cc1nnc(-c2ccccc2)cc1Cl. The molecule has 0 N–H and O–H groups in total. The minimum atomic E-state index is 0.652. The molecule has 0 spiro atoms. The lowest BCUT2D eigenvalue weighted by atomic mass is 10.1. The largest absolute Gasteiger partial charge is 0.154 e. The predicted octanol–water partition coefficient (Wildman–Crippen LogP) is 3.11. The number of aromatic nitrogens is 2. The van der Waals surface area contributed by atoms with E-state index < -0.39 is 0 Å². The highest BCUT2D eigenvalue weighted by Gasteiger charge is 2.02. The zero-order valence-corrected chi connectivity index (χ0v) is 8.49. The van der Waals surface area contributed by atoms with Gasteiger partial charge in [0, 0.05) is 5.56 Å². The minimum absolute atomic E-state index is 0.652. The molecule has 0 amide bonds. The van der Waals surface area contributed by atoms with Crippen LogP contribution in [0.2, 0.25) is 5.02 Å². The number of hydrogen-bond donors (Lipinski definition) is 0. The first kappa shape index (κ1) is 9.16. The van der Waals surface area contributed by atoms with Gasteiger partial charge < -0.3 is 0 Å². The molecule has 0 aliphatic heterocycles. The van der Waals surface area contributed by atoms with E-state index in [0.29, 0.717) is 5.02 Å². The van der Waals surface area contributed by atoms with Crippen LogP contribution in [0.5, 0.6) is 0 Å². The van der Waals surface area contributed by atoms with Crippen molar-refractivity contribution in [3.05, 3.63) is 47.1 Å². The summed E-state index contributed by atoms with van der Waals surface area (Å²) in [5, 5.41) is 8.70. The molecule has 0 bridgehead atoms. The van der Waals surface area contributed by atoms with Crippen LogP contribution in [0, 0.1) is 6.92 Å². The van der Waals surface area contributed by atoms with Crippen LogP contribution in [0.4, 0.5) is 0 Å². The van der Waals surface area contributed by atoms with E-state index in [1.165, 1.54) is 0 Å². The Hall–Kier alpha value is -1.41. The van der Waals surface area contributed by atoms with Gasteiger partial charge in [-0.2, -0.15) is 10.2 Å². The molecule has 0 aliphatic rings. The molecule has 0 unspecified atom stereocenters. The van der Waals surface area contributed by atoms with E-state index in [-0.39, 0.29) is 0 Å². The molecule has 0 fully saturated rings. The van der Waals surface area contributed by atoms with Gasteiger partial charge in [-0.25, -0.2) is 0 Å². The van der Waals surface area contributed by atoms with Gasteiger partial charge in [-0.1, -0.05) is 41.9 Å². The lowest BCUT2D eigenvalue weighted by Gasteiger charge is -2.01. The summed E-state index contributed by atoms with van der Waals surface area (Å²) in [4.78, 5) is 0. The third-order valence-corrected chi connectivity index (χ3v) is 2.37. The van der Waals surface area contributed by atoms with Gasteiger partial charge in [0.1, 0.15) is 0 Å². The van der Waals surface area contributed by atoms with Gasteiger partial charge in [0.2, 0.25) is 0 Å². The second kappa shape index (κ2) is 3.76. The fraction of sp³-hybridized carbons (Fsp3) is 0.0909. The van der Waals surface area contributed by atoms with Crippen molar-refractivity contribution in [2.24, 2.45) is 0 Å². The molecule has 0 atom stereocenters.